The van der Waals surface area contributed by atoms with Crippen molar-refractivity contribution in [3.05, 3.63) is 0 Å². The highest BCUT2D eigenvalue weighted by Gasteiger charge is 2.38. The van der Waals surface area contributed by atoms with Crippen molar-refractivity contribution in [3.63, 3.8) is 0 Å². The molecule has 0 amide bonds. The van der Waals surface area contributed by atoms with Gasteiger partial charge in [0.1, 0.15) is 0 Å². The molecule has 3 heteroatoms. The van der Waals surface area contributed by atoms with Crippen molar-refractivity contribution in [2.24, 2.45) is 5.73 Å². The van der Waals surface area contributed by atoms with Gasteiger partial charge in [-0.25, -0.2) is 0 Å². The second-order valence-electron chi connectivity index (χ2n) is 6.69. The number of hydrogen-bond donors (Lipinski definition) is 1. The fourth-order valence-electron chi connectivity index (χ4n) is 2.96. The summed E-state index contributed by atoms with van der Waals surface area (Å²) in [7, 11) is 0. The number of nitrogens with zero attached hydrogens (tertiary/aromatic N) is 1. The first-order valence-corrected chi connectivity index (χ1v) is 6.92. The summed E-state index contributed by atoms with van der Waals surface area (Å²) in [6.07, 6.45) is 3.60. The fourth-order valence-corrected chi connectivity index (χ4v) is 2.96. The van der Waals surface area contributed by atoms with Gasteiger partial charge in [-0.15, -0.1) is 0 Å². The van der Waals surface area contributed by atoms with E-state index in [4.69, 9.17) is 10.5 Å². The van der Waals surface area contributed by atoms with E-state index in [9.17, 15) is 0 Å². The van der Waals surface area contributed by atoms with E-state index >= 15 is 0 Å². The van der Waals surface area contributed by atoms with Gasteiger partial charge >= 0.3 is 0 Å². The molecule has 17 heavy (non-hydrogen) atoms. The van der Waals surface area contributed by atoms with E-state index in [1.807, 2.05) is 0 Å². The van der Waals surface area contributed by atoms with E-state index < -0.39 is 0 Å². The molecule has 0 radical (unpaired) electrons. The Kier molecular flexibility index (Phi) is 4.99. The SMILES string of the molecule is CCCCC(N)CN1CC(C)(C)OC(C)(C)C1. The summed E-state index contributed by atoms with van der Waals surface area (Å²) < 4.78 is 6.07. The Bertz CT molecular complexity index is 222. The average molecular weight is 242 g/mol. The molecule has 0 aromatic carbocycles. The number of hydrogen-bond acceptors (Lipinski definition) is 3. The van der Waals surface area contributed by atoms with E-state index in [-0.39, 0.29) is 11.2 Å². The van der Waals surface area contributed by atoms with Crippen LogP contribution in [0.3, 0.4) is 0 Å². The van der Waals surface area contributed by atoms with Gasteiger partial charge in [-0.1, -0.05) is 19.8 Å². The number of nitrogens with two attached hydrogens (primary N) is 1. The fraction of sp³-hybridized carbons (Fsp3) is 1.00. The topological polar surface area (TPSA) is 38.5 Å². The van der Waals surface area contributed by atoms with Gasteiger partial charge in [-0.2, -0.15) is 0 Å². The van der Waals surface area contributed by atoms with Crippen LogP contribution in [0.1, 0.15) is 53.9 Å². The van der Waals surface area contributed by atoms with Gasteiger partial charge in [0.2, 0.25) is 0 Å². The first-order chi connectivity index (χ1) is 7.74. The van der Waals surface area contributed by atoms with Crippen molar-refractivity contribution >= 4 is 0 Å². The summed E-state index contributed by atoms with van der Waals surface area (Å²) in [6, 6.07) is 0.305. The normalized spacial score (nSPS) is 25.8. The summed E-state index contributed by atoms with van der Waals surface area (Å²) in [4.78, 5) is 2.46. The lowest BCUT2D eigenvalue weighted by Gasteiger charge is -2.47. The Morgan fingerprint density at radius 2 is 1.71 bits per heavy atom. The molecular formula is C14H30N2O. The third-order valence-corrected chi connectivity index (χ3v) is 3.18. The van der Waals surface area contributed by atoms with Gasteiger partial charge in [0.15, 0.2) is 0 Å². The Morgan fingerprint density at radius 1 is 1.18 bits per heavy atom. The van der Waals surface area contributed by atoms with Crippen molar-refractivity contribution in [1.82, 2.24) is 4.90 Å². The molecule has 1 aliphatic heterocycles. The van der Waals surface area contributed by atoms with Crippen molar-refractivity contribution in [3.8, 4) is 0 Å². The first-order valence-electron chi connectivity index (χ1n) is 6.92. The smallest absolute Gasteiger partial charge is 0.0760 e. The van der Waals surface area contributed by atoms with Crippen molar-refractivity contribution < 1.29 is 4.74 Å². The van der Waals surface area contributed by atoms with Gasteiger partial charge in [-0.05, 0) is 34.1 Å². The lowest BCUT2D eigenvalue weighted by molar-refractivity contribution is -0.180. The molecule has 1 fully saturated rings. The maximum absolute atomic E-state index is 6.19. The molecule has 1 unspecified atom stereocenters. The van der Waals surface area contributed by atoms with E-state index in [0.29, 0.717) is 6.04 Å². The van der Waals surface area contributed by atoms with Crippen LogP contribution in [0, 0.1) is 0 Å². The van der Waals surface area contributed by atoms with Crippen LogP contribution in [0.2, 0.25) is 0 Å². The maximum atomic E-state index is 6.19. The Labute approximate surface area is 107 Å². The summed E-state index contributed by atoms with van der Waals surface area (Å²) in [5, 5.41) is 0. The molecule has 1 heterocycles. The molecular weight excluding hydrogens is 212 g/mol. The van der Waals surface area contributed by atoms with E-state index in [0.717, 1.165) is 26.1 Å². The molecule has 0 spiro atoms. The largest absolute Gasteiger partial charge is 0.367 e. The van der Waals surface area contributed by atoms with Gasteiger partial charge in [-0.3, -0.25) is 4.90 Å². The molecule has 0 aromatic rings. The monoisotopic (exact) mass is 242 g/mol. The lowest BCUT2D eigenvalue weighted by atomic mass is 9.98. The molecule has 1 rings (SSSR count). The summed E-state index contributed by atoms with van der Waals surface area (Å²) in [5.41, 5.74) is 6.06. The molecule has 1 atom stereocenters. The zero-order valence-corrected chi connectivity index (χ0v) is 12.3. The Balaban J connectivity index is 2.47. The summed E-state index contributed by atoms with van der Waals surface area (Å²) in [5.74, 6) is 0. The molecule has 0 bridgehead atoms. The molecule has 3 nitrogen and oxygen atoms in total. The lowest BCUT2D eigenvalue weighted by Crippen LogP contribution is -2.58. The van der Waals surface area contributed by atoms with Crippen LogP contribution in [0.25, 0.3) is 0 Å². The number of morpholine rings is 1. The van der Waals surface area contributed by atoms with Crippen LogP contribution >= 0.6 is 0 Å². The van der Waals surface area contributed by atoms with E-state index in [1.165, 1.54) is 12.8 Å². The van der Waals surface area contributed by atoms with Gasteiger partial charge in [0.05, 0.1) is 11.2 Å². The average Bonchev–Trinajstić information content (AvgIpc) is 2.09. The molecule has 0 aliphatic carbocycles. The molecule has 0 aromatic heterocycles. The Hall–Kier alpha value is -0.120. The summed E-state index contributed by atoms with van der Waals surface area (Å²) in [6.45, 7) is 13.8. The molecule has 1 aliphatic rings. The molecule has 2 N–H and O–H groups in total. The Morgan fingerprint density at radius 3 is 2.18 bits per heavy atom. The number of rotatable bonds is 5. The minimum Gasteiger partial charge on any atom is -0.367 e. The second kappa shape index (κ2) is 5.68. The summed E-state index contributed by atoms with van der Waals surface area (Å²) >= 11 is 0. The maximum Gasteiger partial charge on any atom is 0.0760 e. The predicted molar refractivity (Wildman–Crippen MR) is 73.2 cm³/mol. The van der Waals surface area contributed by atoms with Crippen molar-refractivity contribution in [2.75, 3.05) is 19.6 Å². The quantitative estimate of drug-likeness (QED) is 0.804. The number of unbranched alkanes of at least 4 members (excludes halogenated alkanes) is 1. The minimum absolute atomic E-state index is 0.0633. The zero-order chi connectivity index (χ0) is 13.1. The van der Waals surface area contributed by atoms with E-state index in [1.54, 1.807) is 0 Å². The van der Waals surface area contributed by atoms with Crippen LogP contribution < -0.4 is 5.73 Å². The van der Waals surface area contributed by atoms with Gasteiger partial charge < -0.3 is 10.5 Å². The second-order valence-corrected chi connectivity index (χ2v) is 6.69. The molecule has 102 valence electrons. The highest BCUT2D eigenvalue weighted by molar-refractivity contribution is 4.90. The number of ether oxygens (including phenoxy) is 1. The van der Waals surface area contributed by atoms with Gasteiger partial charge in [0.25, 0.3) is 0 Å². The molecule has 0 saturated carbocycles. The highest BCUT2D eigenvalue weighted by atomic mass is 16.5. The zero-order valence-electron chi connectivity index (χ0n) is 12.3. The molecule has 1 saturated heterocycles. The van der Waals surface area contributed by atoms with Crippen LogP contribution in [-0.2, 0) is 4.74 Å². The van der Waals surface area contributed by atoms with Crippen molar-refractivity contribution in [1.29, 1.82) is 0 Å². The van der Waals surface area contributed by atoms with Crippen molar-refractivity contribution in [2.45, 2.75) is 71.1 Å². The minimum atomic E-state index is -0.0633. The van der Waals surface area contributed by atoms with Crippen LogP contribution in [0.5, 0.6) is 0 Å². The highest BCUT2D eigenvalue weighted by Crippen LogP contribution is 2.28. The van der Waals surface area contributed by atoms with Crippen LogP contribution in [0.15, 0.2) is 0 Å². The van der Waals surface area contributed by atoms with Crippen LogP contribution in [0.4, 0.5) is 0 Å². The standard InChI is InChI=1S/C14H30N2O/c1-6-7-8-12(15)9-16-10-13(2,3)17-14(4,5)11-16/h12H,6-11,15H2,1-5H3. The third kappa shape index (κ3) is 5.36. The van der Waals surface area contributed by atoms with Crippen LogP contribution in [-0.4, -0.2) is 41.8 Å². The first kappa shape index (κ1) is 14.9. The third-order valence-electron chi connectivity index (χ3n) is 3.18. The predicted octanol–water partition coefficient (Wildman–Crippen LogP) is 2.39. The van der Waals surface area contributed by atoms with Gasteiger partial charge in [0, 0.05) is 25.7 Å². The van der Waals surface area contributed by atoms with E-state index in [2.05, 4.69) is 39.5 Å².